The molecule has 1 aliphatic rings. The third kappa shape index (κ3) is 3.42. The van der Waals surface area contributed by atoms with E-state index in [1.165, 1.54) is 4.31 Å². The van der Waals surface area contributed by atoms with Crippen LogP contribution in [0.4, 0.5) is 0 Å². The van der Waals surface area contributed by atoms with Gasteiger partial charge >= 0.3 is 0 Å². The molecular weight excluding hydrogens is 276 g/mol. The van der Waals surface area contributed by atoms with E-state index in [1.54, 1.807) is 12.1 Å². The van der Waals surface area contributed by atoms with Crippen molar-refractivity contribution >= 4 is 10.0 Å². The first kappa shape index (κ1) is 15.5. The first-order valence-electron chi connectivity index (χ1n) is 7.22. The molecule has 1 aromatic heterocycles. The van der Waals surface area contributed by atoms with Crippen molar-refractivity contribution in [3.63, 3.8) is 0 Å². The van der Waals surface area contributed by atoms with Crippen LogP contribution in [0.5, 0.6) is 0 Å². The first-order valence-corrected chi connectivity index (χ1v) is 8.66. The van der Waals surface area contributed by atoms with Crippen LogP contribution in [0, 0.1) is 5.92 Å². The summed E-state index contributed by atoms with van der Waals surface area (Å²) in [6, 6.07) is 3.36. The summed E-state index contributed by atoms with van der Waals surface area (Å²) in [6.07, 6.45) is 1.84. The molecule has 1 N–H and O–H groups in total. The number of furan rings is 1. The van der Waals surface area contributed by atoms with E-state index < -0.39 is 10.0 Å². The molecule has 114 valence electrons. The van der Waals surface area contributed by atoms with E-state index in [0.717, 1.165) is 19.4 Å². The number of hydrogen-bond acceptors (Lipinski definition) is 4. The number of hydrogen-bond donors (Lipinski definition) is 1. The van der Waals surface area contributed by atoms with Gasteiger partial charge in [-0.25, -0.2) is 8.42 Å². The van der Waals surface area contributed by atoms with Gasteiger partial charge in [0.1, 0.15) is 5.76 Å². The second-order valence-corrected chi connectivity index (χ2v) is 7.67. The summed E-state index contributed by atoms with van der Waals surface area (Å²) in [6.45, 7) is 8.22. The van der Waals surface area contributed by atoms with Crippen LogP contribution in [-0.4, -0.2) is 31.9 Å². The molecule has 2 heterocycles. The van der Waals surface area contributed by atoms with Crippen LogP contribution in [0.1, 0.15) is 39.4 Å². The topological polar surface area (TPSA) is 62.6 Å². The van der Waals surface area contributed by atoms with Gasteiger partial charge in [0.05, 0.1) is 6.54 Å². The predicted octanol–water partition coefficient (Wildman–Crippen LogP) is 2.20. The summed E-state index contributed by atoms with van der Waals surface area (Å²) in [4.78, 5) is 0. The van der Waals surface area contributed by atoms with Gasteiger partial charge in [-0.2, -0.15) is 4.31 Å². The lowest BCUT2D eigenvalue weighted by atomic mass is 10.2. The summed E-state index contributed by atoms with van der Waals surface area (Å²) in [5, 5.41) is 3.30. The maximum Gasteiger partial charge on any atom is 0.276 e. The maximum absolute atomic E-state index is 12.5. The highest BCUT2D eigenvalue weighted by Crippen LogP contribution is 2.26. The van der Waals surface area contributed by atoms with E-state index in [4.69, 9.17) is 4.42 Å². The van der Waals surface area contributed by atoms with Crippen molar-refractivity contribution in [1.82, 2.24) is 9.62 Å². The summed E-state index contributed by atoms with van der Waals surface area (Å²) >= 11 is 0. The quantitative estimate of drug-likeness (QED) is 0.875. The molecule has 0 saturated carbocycles. The van der Waals surface area contributed by atoms with Gasteiger partial charge in [0.2, 0.25) is 5.09 Å². The molecule has 5 nitrogen and oxygen atoms in total. The Balaban J connectivity index is 2.04. The molecule has 1 aliphatic heterocycles. The Kier molecular flexibility index (Phi) is 4.88. The highest BCUT2D eigenvalue weighted by atomic mass is 32.2. The second-order valence-electron chi connectivity index (χ2n) is 5.85. The van der Waals surface area contributed by atoms with Crippen LogP contribution in [-0.2, 0) is 16.6 Å². The van der Waals surface area contributed by atoms with E-state index in [2.05, 4.69) is 19.2 Å². The van der Waals surface area contributed by atoms with Crippen molar-refractivity contribution in [2.75, 3.05) is 13.1 Å². The van der Waals surface area contributed by atoms with Crippen LogP contribution in [0.3, 0.4) is 0 Å². The average molecular weight is 300 g/mol. The lowest BCUT2D eigenvalue weighted by Gasteiger charge is -2.19. The monoisotopic (exact) mass is 300 g/mol. The molecule has 0 radical (unpaired) electrons. The highest BCUT2D eigenvalue weighted by molar-refractivity contribution is 7.89. The third-order valence-corrected chi connectivity index (χ3v) is 5.43. The standard InChI is InChI=1S/C14H24N2O3S/c1-11(2)9-15-10-13-6-7-14(19-13)20(17,18)16-8-4-5-12(16)3/h6-7,11-12,15H,4-5,8-10H2,1-3H3. The van der Waals surface area contributed by atoms with Gasteiger partial charge in [0, 0.05) is 12.6 Å². The molecular formula is C14H24N2O3S. The Bertz CT molecular complexity index is 536. The van der Waals surface area contributed by atoms with Gasteiger partial charge in [0.25, 0.3) is 10.0 Å². The fourth-order valence-electron chi connectivity index (χ4n) is 2.46. The van der Waals surface area contributed by atoms with Crippen molar-refractivity contribution in [3.05, 3.63) is 17.9 Å². The third-order valence-electron chi connectivity index (χ3n) is 3.54. The zero-order chi connectivity index (χ0) is 14.8. The average Bonchev–Trinajstić information content (AvgIpc) is 2.97. The molecule has 0 aliphatic carbocycles. The Labute approximate surface area is 121 Å². The fraction of sp³-hybridized carbons (Fsp3) is 0.714. The smallest absolute Gasteiger partial charge is 0.276 e. The molecule has 2 rings (SSSR count). The van der Waals surface area contributed by atoms with Gasteiger partial charge < -0.3 is 9.73 Å². The maximum atomic E-state index is 12.5. The Morgan fingerprint density at radius 1 is 1.45 bits per heavy atom. The van der Waals surface area contributed by atoms with Crippen LogP contribution < -0.4 is 5.32 Å². The number of sulfonamides is 1. The molecule has 0 aromatic carbocycles. The van der Waals surface area contributed by atoms with E-state index in [-0.39, 0.29) is 11.1 Å². The predicted molar refractivity (Wildman–Crippen MR) is 77.8 cm³/mol. The van der Waals surface area contributed by atoms with Gasteiger partial charge in [0.15, 0.2) is 0 Å². The molecule has 1 fully saturated rings. The lowest BCUT2D eigenvalue weighted by molar-refractivity contribution is 0.359. The summed E-state index contributed by atoms with van der Waals surface area (Å²) < 4.78 is 31.9. The van der Waals surface area contributed by atoms with Crippen molar-refractivity contribution in [1.29, 1.82) is 0 Å². The molecule has 0 spiro atoms. The molecule has 6 heteroatoms. The van der Waals surface area contributed by atoms with Crippen molar-refractivity contribution in [2.24, 2.45) is 5.92 Å². The summed E-state index contributed by atoms with van der Waals surface area (Å²) in [5.74, 6) is 1.22. The van der Waals surface area contributed by atoms with E-state index in [1.807, 2.05) is 6.92 Å². The number of nitrogens with zero attached hydrogens (tertiary/aromatic N) is 1. The first-order chi connectivity index (χ1) is 9.41. The van der Waals surface area contributed by atoms with Gasteiger partial charge in [-0.05, 0) is 44.4 Å². The Hall–Kier alpha value is -0.850. The van der Waals surface area contributed by atoms with E-state index >= 15 is 0 Å². The second kappa shape index (κ2) is 6.28. The largest absolute Gasteiger partial charge is 0.447 e. The lowest BCUT2D eigenvalue weighted by Crippen LogP contribution is -2.33. The van der Waals surface area contributed by atoms with Crippen LogP contribution in [0.2, 0.25) is 0 Å². The summed E-state index contributed by atoms with van der Waals surface area (Å²) in [5.41, 5.74) is 0. The zero-order valence-electron chi connectivity index (χ0n) is 12.4. The summed E-state index contributed by atoms with van der Waals surface area (Å²) in [7, 11) is -3.47. The number of rotatable bonds is 6. The molecule has 1 aromatic rings. The van der Waals surface area contributed by atoms with Crippen molar-refractivity contribution < 1.29 is 12.8 Å². The minimum atomic E-state index is -3.47. The van der Waals surface area contributed by atoms with Crippen LogP contribution in [0.15, 0.2) is 21.6 Å². The van der Waals surface area contributed by atoms with Gasteiger partial charge in [-0.3, -0.25) is 0 Å². The van der Waals surface area contributed by atoms with Crippen molar-refractivity contribution in [2.45, 2.75) is 51.3 Å². The molecule has 1 saturated heterocycles. The van der Waals surface area contributed by atoms with Crippen LogP contribution >= 0.6 is 0 Å². The van der Waals surface area contributed by atoms with E-state index in [0.29, 0.717) is 24.8 Å². The highest BCUT2D eigenvalue weighted by Gasteiger charge is 2.34. The van der Waals surface area contributed by atoms with Crippen molar-refractivity contribution in [3.8, 4) is 0 Å². The zero-order valence-corrected chi connectivity index (χ0v) is 13.2. The molecule has 0 bridgehead atoms. The molecule has 0 amide bonds. The Morgan fingerprint density at radius 2 is 2.20 bits per heavy atom. The molecule has 1 unspecified atom stereocenters. The molecule has 1 atom stereocenters. The Morgan fingerprint density at radius 3 is 2.80 bits per heavy atom. The van der Waals surface area contributed by atoms with Gasteiger partial charge in [-0.1, -0.05) is 13.8 Å². The minimum absolute atomic E-state index is 0.0626. The molecule has 20 heavy (non-hydrogen) atoms. The van der Waals surface area contributed by atoms with E-state index in [9.17, 15) is 8.42 Å². The van der Waals surface area contributed by atoms with Gasteiger partial charge in [-0.15, -0.1) is 0 Å². The SMILES string of the molecule is CC(C)CNCc1ccc(S(=O)(=O)N2CCCC2C)o1. The fourth-order valence-corrected chi connectivity index (χ4v) is 4.09. The normalized spacial score (nSPS) is 20.9. The number of nitrogens with one attached hydrogen (secondary N) is 1. The minimum Gasteiger partial charge on any atom is -0.447 e. The van der Waals surface area contributed by atoms with Crippen LogP contribution in [0.25, 0.3) is 0 Å².